The van der Waals surface area contributed by atoms with Gasteiger partial charge >= 0.3 is 59.1 Å². The molecule has 1 heterocycles. The second kappa shape index (κ2) is 8.06. The minimum atomic E-state index is -1.64. The van der Waals surface area contributed by atoms with Gasteiger partial charge in [-0.1, -0.05) is 0 Å². The van der Waals surface area contributed by atoms with Crippen molar-refractivity contribution in [3.63, 3.8) is 0 Å². The monoisotopic (exact) mass is 218 g/mol. The Labute approximate surface area is 126 Å². The number of carbonyl (C=O) groups is 2. The SMILES string of the molecule is O=C([O-])C(C(=O)[O-])N1CCNC1.[Na+].[Na+]. The van der Waals surface area contributed by atoms with Crippen LogP contribution in [-0.2, 0) is 9.59 Å². The molecule has 0 spiro atoms. The quantitative estimate of drug-likeness (QED) is 0.373. The molecule has 1 saturated heterocycles. The zero-order chi connectivity index (χ0) is 9.14. The van der Waals surface area contributed by atoms with E-state index in [0.29, 0.717) is 13.1 Å². The molecule has 0 aliphatic carbocycles. The maximum atomic E-state index is 10.3. The fourth-order valence-corrected chi connectivity index (χ4v) is 1.14. The van der Waals surface area contributed by atoms with E-state index in [1.165, 1.54) is 4.90 Å². The van der Waals surface area contributed by atoms with Crippen molar-refractivity contribution in [2.75, 3.05) is 19.8 Å². The van der Waals surface area contributed by atoms with E-state index in [1.54, 1.807) is 0 Å². The van der Waals surface area contributed by atoms with Crippen LogP contribution < -0.4 is 74.6 Å². The first-order chi connectivity index (χ1) is 5.63. The molecule has 0 bridgehead atoms. The third-order valence-electron chi connectivity index (χ3n) is 1.70. The second-order valence-corrected chi connectivity index (χ2v) is 2.51. The predicted molar refractivity (Wildman–Crippen MR) is 33.4 cm³/mol. The van der Waals surface area contributed by atoms with Crippen LogP contribution in [-0.4, -0.2) is 42.6 Å². The molecule has 0 unspecified atom stereocenters. The van der Waals surface area contributed by atoms with E-state index in [-0.39, 0.29) is 65.8 Å². The molecule has 0 amide bonds. The molecule has 0 aromatic carbocycles. The summed E-state index contributed by atoms with van der Waals surface area (Å²) in [6.45, 7) is 1.20. The van der Waals surface area contributed by atoms with Crippen molar-refractivity contribution < 1.29 is 78.9 Å². The molecule has 1 aliphatic rings. The van der Waals surface area contributed by atoms with Crippen molar-refractivity contribution in [3.05, 3.63) is 0 Å². The molecule has 8 heteroatoms. The summed E-state index contributed by atoms with van der Waals surface area (Å²) >= 11 is 0. The molecule has 0 aromatic rings. The van der Waals surface area contributed by atoms with Crippen LogP contribution in [0.25, 0.3) is 0 Å². The Hall–Kier alpha value is 0.860. The molecule has 1 fully saturated rings. The Morgan fingerprint density at radius 2 is 1.71 bits per heavy atom. The normalized spacial score (nSPS) is 15.8. The topological polar surface area (TPSA) is 95.5 Å². The van der Waals surface area contributed by atoms with Gasteiger partial charge in [-0.3, -0.25) is 4.90 Å². The van der Waals surface area contributed by atoms with E-state index in [1.807, 2.05) is 0 Å². The second-order valence-electron chi connectivity index (χ2n) is 2.51. The van der Waals surface area contributed by atoms with Crippen LogP contribution in [0.4, 0.5) is 0 Å². The summed E-state index contributed by atoms with van der Waals surface area (Å²) in [6.07, 6.45) is 0. The zero-order valence-corrected chi connectivity index (χ0v) is 12.3. The molecule has 0 saturated carbocycles. The van der Waals surface area contributed by atoms with Gasteiger partial charge in [0, 0.05) is 19.8 Å². The summed E-state index contributed by atoms with van der Waals surface area (Å²) in [5.41, 5.74) is 0. The minimum absolute atomic E-state index is 0. The molecule has 68 valence electrons. The van der Waals surface area contributed by atoms with E-state index in [9.17, 15) is 19.8 Å². The number of aliphatic carboxylic acids is 2. The zero-order valence-electron chi connectivity index (χ0n) is 8.28. The summed E-state index contributed by atoms with van der Waals surface area (Å²) in [6, 6.07) is -1.64. The number of hydrogen-bond acceptors (Lipinski definition) is 6. The Kier molecular flexibility index (Phi) is 9.94. The van der Waals surface area contributed by atoms with Gasteiger partial charge in [0.15, 0.2) is 0 Å². The van der Waals surface area contributed by atoms with Gasteiger partial charge in [-0.25, -0.2) is 0 Å². The van der Waals surface area contributed by atoms with Gasteiger partial charge in [-0.05, 0) is 0 Å². The van der Waals surface area contributed by atoms with Crippen molar-refractivity contribution in [1.82, 2.24) is 10.2 Å². The van der Waals surface area contributed by atoms with Crippen LogP contribution in [0, 0.1) is 0 Å². The number of carboxylic acid groups (broad SMARTS) is 2. The molecule has 0 atom stereocenters. The first-order valence-corrected chi connectivity index (χ1v) is 3.49. The molecule has 6 nitrogen and oxygen atoms in total. The molecule has 0 radical (unpaired) electrons. The van der Waals surface area contributed by atoms with Crippen molar-refractivity contribution in [3.8, 4) is 0 Å². The van der Waals surface area contributed by atoms with Crippen molar-refractivity contribution in [2.24, 2.45) is 0 Å². The first kappa shape index (κ1) is 17.3. The first-order valence-electron chi connectivity index (χ1n) is 3.49. The van der Waals surface area contributed by atoms with Crippen LogP contribution >= 0.6 is 0 Å². The van der Waals surface area contributed by atoms with Crippen molar-refractivity contribution in [1.29, 1.82) is 0 Å². The third kappa shape index (κ3) is 4.59. The van der Waals surface area contributed by atoms with Crippen LogP contribution in [0.15, 0.2) is 0 Å². The van der Waals surface area contributed by atoms with Gasteiger partial charge in [0.2, 0.25) is 0 Å². The van der Waals surface area contributed by atoms with E-state index in [2.05, 4.69) is 5.32 Å². The van der Waals surface area contributed by atoms with Crippen molar-refractivity contribution in [2.45, 2.75) is 6.04 Å². The fraction of sp³-hybridized carbons (Fsp3) is 0.667. The van der Waals surface area contributed by atoms with Gasteiger partial charge in [0.05, 0.1) is 18.0 Å². The summed E-state index contributed by atoms with van der Waals surface area (Å²) in [5, 5.41) is 23.5. The van der Waals surface area contributed by atoms with Gasteiger partial charge in [-0.2, -0.15) is 0 Å². The van der Waals surface area contributed by atoms with Crippen LogP contribution in [0.1, 0.15) is 0 Å². The molecule has 14 heavy (non-hydrogen) atoms. The number of rotatable bonds is 3. The van der Waals surface area contributed by atoms with Crippen molar-refractivity contribution >= 4 is 11.9 Å². The standard InChI is InChI=1S/C6H10N2O4.2Na/c9-5(10)4(6(11)12)8-2-1-7-3-8;;/h4,7H,1-3H2,(H,9,10)(H,11,12);;/q;2*+1/p-2. The number of carboxylic acids is 2. The molecular weight excluding hydrogens is 210 g/mol. The minimum Gasteiger partial charge on any atom is -0.548 e. The van der Waals surface area contributed by atoms with Gasteiger partial charge in [0.25, 0.3) is 0 Å². The number of hydrogen-bond donors (Lipinski definition) is 1. The summed E-state index contributed by atoms with van der Waals surface area (Å²) in [7, 11) is 0. The predicted octanol–water partition coefficient (Wildman–Crippen LogP) is -10.3. The maximum Gasteiger partial charge on any atom is 1.00 e. The Morgan fingerprint density at radius 1 is 1.21 bits per heavy atom. The van der Waals surface area contributed by atoms with E-state index in [0.717, 1.165) is 0 Å². The molecule has 0 aromatic heterocycles. The van der Waals surface area contributed by atoms with Crippen LogP contribution in [0.5, 0.6) is 0 Å². The van der Waals surface area contributed by atoms with Crippen LogP contribution in [0.2, 0.25) is 0 Å². The number of nitrogens with zero attached hydrogens (tertiary/aromatic N) is 1. The van der Waals surface area contributed by atoms with Gasteiger partial charge < -0.3 is 25.1 Å². The molecule has 1 rings (SSSR count). The number of nitrogens with one attached hydrogen (secondary N) is 1. The average Bonchev–Trinajstić information content (AvgIpc) is 2.37. The van der Waals surface area contributed by atoms with E-state index >= 15 is 0 Å². The van der Waals surface area contributed by atoms with Gasteiger partial charge in [0.1, 0.15) is 0 Å². The van der Waals surface area contributed by atoms with E-state index < -0.39 is 18.0 Å². The smallest absolute Gasteiger partial charge is 0.548 e. The molecule has 1 N–H and O–H groups in total. The van der Waals surface area contributed by atoms with Gasteiger partial charge in [-0.15, -0.1) is 0 Å². The molecule has 1 aliphatic heterocycles. The average molecular weight is 218 g/mol. The van der Waals surface area contributed by atoms with E-state index in [4.69, 9.17) is 0 Å². The largest absolute Gasteiger partial charge is 1.00 e. The third-order valence-corrected chi connectivity index (χ3v) is 1.70. The summed E-state index contributed by atoms with van der Waals surface area (Å²) < 4.78 is 0. The summed E-state index contributed by atoms with van der Waals surface area (Å²) in [4.78, 5) is 21.9. The molecular formula is C6H8N2Na2O4. The fourth-order valence-electron chi connectivity index (χ4n) is 1.14. The van der Waals surface area contributed by atoms with Crippen LogP contribution in [0.3, 0.4) is 0 Å². The Balaban J connectivity index is 0. The summed E-state index contributed by atoms with van der Waals surface area (Å²) in [5.74, 6) is -3.25. The number of carbonyl (C=O) groups excluding carboxylic acids is 2. The Bertz CT molecular complexity index is 194. The Morgan fingerprint density at radius 3 is 2.00 bits per heavy atom. The maximum absolute atomic E-state index is 10.3.